The number of hydrogen-bond donors (Lipinski definition) is 3. The summed E-state index contributed by atoms with van der Waals surface area (Å²) in [5, 5.41) is 3.94. The summed E-state index contributed by atoms with van der Waals surface area (Å²) in [5.41, 5.74) is 11.2. The molecule has 1 aromatic rings. The molecule has 18 heavy (non-hydrogen) atoms. The summed E-state index contributed by atoms with van der Waals surface area (Å²) in [5.74, 6) is 0.403. The van der Waals surface area contributed by atoms with Crippen LogP contribution in [0, 0.1) is 5.92 Å². The van der Waals surface area contributed by atoms with Crippen LogP contribution in [-0.4, -0.2) is 16.3 Å². The Kier molecular flexibility index (Phi) is 5.40. The van der Waals surface area contributed by atoms with E-state index < -0.39 is 5.91 Å². The lowest BCUT2D eigenvalue weighted by Crippen LogP contribution is -2.19. The van der Waals surface area contributed by atoms with Gasteiger partial charge in [0.25, 0.3) is 5.91 Å². The zero-order valence-corrected chi connectivity index (χ0v) is 12.0. The first-order chi connectivity index (χ1) is 8.41. The van der Waals surface area contributed by atoms with Gasteiger partial charge in [-0.05, 0) is 30.8 Å². The molecule has 5 nitrogen and oxygen atoms in total. The molecule has 0 fully saturated rings. The van der Waals surface area contributed by atoms with Crippen LogP contribution in [0.1, 0.15) is 50.4 Å². The number of nitrogens with one attached hydrogen (secondary N) is 1. The number of anilines is 2. The summed E-state index contributed by atoms with van der Waals surface area (Å²) in [7, 11) is 0. The number of nitrogen functional groups attached to an aromatic ring is 1. The lowest BCUT2D eigenvalue weighted by atomic mass is 10.0. The quantitative estimate of drug-likeness (QED) is 0.709. The molecule has 0 saturated carbocycles. The fourth-order valence-electron chi connectivity index (χ4n) is 1.77. The van der Waals surface area contributed by atoms with E-state index >= 15 is 0 Å². The Labute approximate surface area is 112 Å². The number of nitrogens with two attached hydrogens (primary N) is 2. The normalized spacial score (nSPS) is 12.7. The monoisotopic (exact) mass is 270 g/mol. The van der Waals surface area contributed by atoms with Gasteiger partial charge in [0.2, 0.25) is 0 Å². The van der Waals surface area contributed by atoms with E-state index in [9.17, 15) is 4.79 Å². The fourth-order valence-corrected chi connectivity index (χ4v) is 2.60. The molecular formula is C12H22N4OS. The van der Waals surface area contributed by atoms with Gasteiger partial charge in [-0.1, -0.05) is 26.7 Å². The van der Waals surface area contributed by atoms with Crippen molar-refractivity contribution in [3.05, 3.63) is 5.56 Å². The largest absolute Gasteiger partial charge is 0.382 e. The minimum Gasteiger partial charge on any atom is -0.382 e. The summed E-state index contributed by atoms with van der Waals surface area (Å²) in [6, 6.07) is 0.279. The number of rotatable bonds is 7. The maximum Gasteiger partial charge on any atom is 0.255 e. The van der Waals surface area contributed by atoms with E-state index in [1.54, 1.807) is 0 Å². The SMILES string of the molecule is CC(C)CCCC(C)Nc1snc(N)c1C(N)=O. The molecule has 6 heteroatoms. The van der Waals surface area contributed by atoms with Gasteiger partial charge in [-0.3, -0.25) is 4.79 Å². The topological polar surface area (TPSA) is 94.0 Å². The Morgan fingerprint density at radius 1 is 1.39 bits per heavy atom. The van der Waals surface area contributed by atoms with Gasteiger partial charge in [0.15, 0.2) is 5.82 Å². The molecule has 1 unspecified atom stereocenters. The number of hydrogen-bond acceptors (Lipinski definition) is 5. The predicted octanol–water partition coefficient (Wildman–Crippen LogP) is 2.45. The minimum atomic E-state index is -0.530. The van der Waals surface area contributed by atoms with Crippen molar-refractivity contribution in [3.63, 3.8) is 0 Å². The summed E-state index contributed by atoms with van der Waals surface area (Å²) in [6.45, 7) is 6.52. The molecule has 0 spiro atoms. The van der Waals surface area contributed by atoms with Crippen molar-refractivity contribution in [2.75, 3.05) is 11.1 Å². The highest BCUT2D eigenvalue weighted by Crippen LogP contribution is 2.27. The molecule has 0 radical (unpaired) electrons. The van der Waals surface area contributed by atoms with Gasteiger partial charge >= 0.3 is 0 Å². The van der Waals surface area contributed by atoms with Crippen molar-refractivity contribution in [1.82, 2.24) is 4.37 Å². The number of carbonyl (C=O) groups excluding carboxylic acids is 1. The summed E-state index contributed by atoms with van der Waals surface area (Å²) in [6.07, 6.45) is 3.42. The average Bonchev–Trinajstić information content (AvgIpc) is 2.58. The number of aromatic nitrogens is 1. The number of nitrogens with zero attached hydrogens (tertiary/aromatic N) is 1. The first-order valence-electron chi connectivity index (χ1n) is 6.23. The first-order valence-corrected chi connectivity index (χ1v) is 7.00. The van der Waals surface area contributed by atoms with Crippen molar-refractivity contribution < 1.29 is 4.79 Å². The summed E-state index contributed by atoms with van der Waals surface area (Å²) in [4.78, 5) is 11.3. The van der Waals surface area contributed by atoms with E-state index in [2.05, 4.69) is 30.5 Å². The van der Waals surface area contributed by atoms with Crippen molar-refractivity contribution in [1.29, 1.82) is 0 Å². The summed E-state index contributed by atoms with van der Waals surface area (Å²) < 4.78 is 3.96. The Morgan fingerprint density at radius 2 is 2.06 bits per heavy atom. The molecule has 1 aromatic heterocycles. The molecule has 1 atom stereocenters. The molecular weight excluding hydrogens is 248 g/mol. The molecule has 1 rings (SSSR count). The third-order valence-corrected chi connectivity index (χ3v) is 3.55. The lowest BCUT2D eigenvalue weighted by molar-refractivity contribution is 0.100. The predicted molar refractivity (Wildman–Crippen MR) is 76.8 cm³/mol. The van der Waals surface area contributed by atoms with Crippen LogP contribution in [0.25, 0.3) is 0 Å². The molecule has 0 aromatic carbocycles. The highest BCUT2D eigenvalue weighted by Gasteiger charge is 2.17. The number of amides is 1. The van der Waals surface area contributed by atoms with Crippen LogP contribution in [-0.2, 0) is 0 Å². The van der Waals surface area contributed by atoms with Crippen LogP contribution in [0.5, 0.6) is 0 Å². The summed E-state index contributed by atoms with van der Waals surface area (Å²) >= 11 is 1.19. The second kappa shape index (κ2) is 6.58. The molecule has 0 aliphatic rings. The lowest BCUT2D eigenvalue weighted by Gasteiger charge is -2.14. The number of primary amides is 1. The van der Waals surface area contributed by atoms with Crippen LogP contribution in [0.3, 0.4) is 0 Å². The third kappa shape index (κ3) is 4.18. The van der Waals surface area contributed by atoms with Crippen molar-refractivity contribution in [2.45, 2.75) is 46.1 Å². The van der Waals surface area contributed by atoms with Crippen LogP contribution in [0.2, 0.25) is 0 Å². The molecule has 0 aliphatic heterocycles. The average molecular weight is 270 g/mol. The molecule has 1 heterocycles. The standard InChI is InChI=1S/C12H22N4OS/c1-7(2)5-4-6-8(3)15-12-9(11(14)17)10(13)16-18-12/h7-8,15H,4-6H2,1-3H3,(H2,13,16)(H2,14,17). The molecule has 0 bridgehead atoms. The first kappa shape index (κ1) is 14.8. The molecule has 0 saturated heterocycles. The van der Waals surface area contributed by atoms with Crippen LogP contribution < -0.4 is 16.8 Å². The highest BCUT2D eigenvalue weighted by molar-refractivity contribution is 7.11. The van der Waals surface area contributed by atoms with Crippen LogP contribution >= 0.6 is 11.5 Å². The van der Waals surface area contributed by atoms with Gasteiger partial charge in [-0.25, -0.2) is 0 Å². The Balaban J connectivity index is 2.54. The zero-order chi connectivity index (χ0) is 13.7. The number of carbonyl (C=O) groups is 1. The second-order valence-corrected chi connectivity index (χ2v) is 5.78. The van der Waals surface area contributed by atoms with E-state index in [0.29, 0.717) is 10.6 Å². The van der Waals surface area contributed by atoms with Gasteiger partial charge in [0, 0.05) is 6.04 Å². The Bertz CT molecular complexity index is 403. The van der Waals surface area contributed by atoms with E-state index in [4.69, 9.17) is 11.5 Å². The van der Waals surface area contributed by atoms with E-state index in [0.717, 1.165) is 18.8 Å². The van der Waals surface area contributed by atoms with Gasteiger partial charge in [-0.2, -0.15) is 4.37 Å². The molecule has 1 amide bonds. The van der Waals surface area contributed by atoms with E-state index in [1.165, 1.54) is 18.0 Å². The fraction of sp³-hybridized carbons (Fsp3) is 0.667. The second-order valence-electron chi connectivity index (χ2n) is 5.01. The van der Waals surface area contributed by atoms with Crippen LogP contribution in [0.4, 0.5) is 10.8 Å². The smallest absolute Gasteiger partial charge is 0.255 e. The minimum absolute atomic E-state index is 0.212. The highest BCUT2D eigenvalue weighted by atomic mass is 32.1. The van der Waals surface area contributed by atoms with Crippen molar-refractivity contribution >= 4 is 28.3 Å². The van der Waals surface area contributed by atoms with Crippen molar-refractivity contribution in [3.8, 4) is 0 Å². The van der Waals surface area contributed by atoms with E-state index in [1.807, 2.05) is 0 Å². The maximum absolute atomic E-state index is 11.3. The third-order valence-electron chi connectivity index (χ3n) is 2.76. The van der Waals surface area contributed by atoms with Crippen molar-refractivity contribution in [2.24, 2.45) is 11.7 Å². The molecule has 102 valence electrons. The van der Waals surface area contributed by atoms with Crippen LogP contribution in [0.15, 0.2) is 0 Å². The maximum atomic E-state index is 11.3. The van der Waals surface area contributed by atoms with Gasteiger partial charge < -0.3 is 16.8 Å². The zero-order valence-electron chi connectivity index (χ0n) is 11.2. The molecule has 5 N–H and O–H groups in total. The van der Waals surface area contributed by atoms with Gasteiger partial charge in [0.05, 0.1) is 0 Å². The van der Waals surface area contributed by atoms with E-state index in [-0.39, 0.29) is 11.9 Å². The molecule has 0 aliphatic carbocycles. The Morgan fingerprint density at radius 3 is 2.61 bits per heavy atom. The Hall–Kier alpha value is -1.30. The van der Waals surface area contributed by atoms with Gasteiger partial charge in [-0.15, -0.1) is 0 Å². The van der Waals surface area contributed by atoms with Gasteiger partial charge in [0.1, 0.15) is 10.6 Å².